The van der Waals surface area contributed by atoms with Gasteiger partial charge in [0.1, 0.15) is 6.04 Å². The molecule has 130 valence electrons. The van der Waals surface area contributed by atoms with Gasteiger partial charge in [0.05, 0.1) is 11.5 Å². The van der Waals surface area contributed by atoms with Crippen molar-refractivity contribution < 1.29 is 17.9 Å². The van der Waals surface area contributed by atoms with Gasteiger partial charge in [0, 0.05) is 13.7 Å². The third-order valence-electron chi connectivity index (χ3n) is 3.71. The highest BCUT2D eigenvalue weighted by atomic mass is 32.2. The molecule has 0 fully saturated rings. The number of nitrogens with one attached hydrogen (secondary N) is 2. The zero-order valence-electron chi connectivity index (χ0n) is 14.1. The van der Waals surface area contributed by atoms with Gasteiger partial charge in [0.25, 0.3) is 0 Å². The number of rotatable bonds is 9. The molecule has 1 rings (SSSR count). The third kappa shape index (κ3) is 5.93. The molecule has 2 atom stereocenters. The second kappa shape index (κ2) is 9.00. The lowest BCUT2D eigenvalue weighted by Crippen LogP contribution is -2.50. The van der Waals surface area contributed by atoms with Crippen LogP contribution >= 0.6 is 0 Å². The van der Waals surface area contributed by atoms with Gasteiger partial charge < -0.3 is 10.1 Å². The lowest BCUT2D eigenvalue weighted by atomic mass is 9.99. The Hall–Kier alpha value is -1.44. The van der Waals surface area contributed by atoms with Gasteiger partial charge in [-0.25, -0.2) is 8.42 Å². The van der Waals surface area contributed by atoms with E-state index in [1.165, 1.54) is 12.1 Å². The molecule has 1 aromatic rings. The maximum atomic E-state index is 12.5. The molecule has 0 heterocycles. The van der Waals surface area contributed by atoms with Crippen molar-refractivity contribution in [1.29, 1.82) is 0 Å². The molecule has 0 aliphatic rings. The molecule has 1 aromatic carbocycles. The first-order valence-corrected chi connectivity index (χ1v) is 9.15. The first-order valence-electron chi connectivity index (χ1n) is 7.67. The van der Waals surface area contributed by atoms with Crippen molar-refractivity contribution in [3.63, 3.8) is 0 Å². The molecular weight excluding hydrogens is 316 g/mol. The van der Waals surface area contributed by atoms with E-state index in [1.54, 1.807) is 19.2 Å². The molecule has 2 N–H and O–H groups in total. The summed E-state index contributed by atoms with van der Waals surface area (Å²) >= 11 is 0. The van der Waals surface area contributed by atoms with Crippen LogP contribution in [0.15, 0.2) is 29.2 Å². The van der Waals surface area contributed by atoms with Gasteiger partial charge in [-0.05, 0) is 25.0 Å². The number of amides is 1. The monoisotopic (exact) mass is 342 g/mol. The number of methoxy groups -OCH3 is 1. The first-order chi connectivity index (χ1) is 10.8. The summed E-state index contributed by atoms with van der Waals surface area (Å²) in [4.78, 5) is 12.4. The van der Waals surface area contributed by atoms with Crippen molar-refractivity contribution in [3.8, 4) is 0 Å². The van der Waals surface area contributed by atoms with Gasteiger partial charge in [0.2, 0.25) is 15.9 Å². The highest BCUT2D eigenvalue weighted by Crippen LogP contribution is 2.14. The third-order valence-corrected chi connectivity index (χ3v) is 5.17. The molecule has 0 radical (unpaired) electrons. The summed E-state index contributed by atoms with van der Waals surface area (Å²) in [7, 11) is -2.21. The van der Waals surface area contributed by atoms with Crippen LogP contribution in [-0.4, -0.2) is 40.6 Å². The molecule has 0 aliphatic heterocycles. The van der Waals surface area contributed by atoms with Crippen molar-refractivity contribution in [2.24, 2.45) is 5.92 Å². The van der Waals surface area contributed by atoms with Crippen LogP contribution < -0.4 is 10.0 Å². The van der Waals surface area contributed by atoms with Gasteiger partial charge in [0.15, 0.2) is 0 Å². The fraction of sp³-hybridized carbons (Fsp3) is 0.562. The van der Waals surface area contributed by atoms with Crippen LogP contribution in [0.5, 0.6) is 0 Å². The Morgan fingerprint density at radius 1 is 1.26 bits per heavy atom. The first kappa shape index (κ1) is 19.6. The summed E-state index contributed by atoms with van der Waals surface area (Å²) in [5, 5.41) is 2.69. The number of hydrogen-bond acceptors (Lipinski definition) is 4. The number of carbonyl (C=O) groups is 1. The highest BCUT2D eigenvalue weighted by molar-refractivity contribution is 7.89. The summed E-state index contributed by atoms with van der Waals surface area (Å²) in [5.41, 5.74) is 0.972. The maximum Gasteiger partial charge on any atom is 0.241 e. The minimum absolute atomic E-state index is 0.127. The van der Waals surface area contributed by atoms with E-state index in [4.69, 9.17) is 4.74 Å². The molecule has 1 amide bonds. The second-order valence-corrected chi connectivity index (χ2v) is 7.30. The summed E-state index contributed by atoms with van der Waals surface area (Å²) in [6.45, 7) is 6.37. The number of benzene rings is 1. The average molecular weight is 342 g/mol. The summed E-state index contributed by atoms with van der Waals surface area (Å²) < 4.78 is 32.4. The van der Waals surface area contributed by atoms with E-state index in [0.717, 1.165) is 5.56 Å². The molecule has 2 unspecified atom stereocenters. The van der Waals surface area contributed by atoms with Crippen molar-refractivity contribution in [2.75, 3.05) is 20.3 Å². The fourth-order valence-corrected chi connectivity index (χ4v) is 3.31. The zero-order chi connectivity index (χ0) is 17.5. The Morgan fingerprint density at radius 3 is 2.39 bits per heavy atom. The standard InChI is InChI=1S/C16H26N2O4S/c1-5-13(3)15(16(19)17-10-11-22-4)18-23(20,21)14-8-6-12(2)7-9-14/h6-9,13,15,18H,5,10-11H2,1-4H3,(H,17,19). The van der Waals surface area contributed by atoms with Crippen molar-refractivity contribution in [2.45, 2.75) is 38.1 Å². The smallest absolute Gasteiger partial charge is 0.241 e. The Bertz CT molecular complexity index is 599. The molecule has 6 nitrogen and oxygen atoms in total. The minimum atomic E-state index is -3.75. The number of hydrogen-bond donors (Lipinski definition) is 2. The van der Waals surface area contributed by atoms with Crippen LogP contribution in [0, 0.1) is 12.8 Å². The molecule has 7 heteroatoms. The highest BCUT2D eigenvalue weighted by Gasteiger charge is 2.29. The van der Waals surface area contributed by atoms with Crippen LogP contribution in [0.1, 0.15) is 25.8 Å². The molecule has 23 heavy (non-hydrogen) atoms. The van der Waals surface area contributed by atoms with E-state index in [-0.39, 0.29) is 16.7 Å². The number of sulfonamides is 1. The molecule has 0 saturated carbocycles. The van der Waals surface area contributed by atoms with E-state index in [1.807, 2.05) is 20.8 Å². The van der Waals surface area contributed by atoms with Crippen LogP contribution in [-0.2, 0) is 19.6 Å². The predicted molar refractivity (Wildman–Crippen MR) is 89.6 cm³/mol. The van der Waals surface area contributed by atoms with Crippen LogP contribution in [0.4, 0.5) is 0 Å². The van der Waals surface area contributed by atoms with Gasteiger partial charge in [-0.2, -0.15) is 4.72 Å². The molecular formula is C16H26N2O4S. The Balaban J connectivity index is 2.91. The van der Waals surface area contributed by atoms with Gasteiger partial charge >= 0.3 is 0 Å². The lowest BCUT2D eigenvalue weighted by molar-refractivity contribution is -0.124. The van der Waals surface area contributed by atoms with E-state index >= 15 is 0 Å². The predicted octanol–water partition coefficient (Wildman–Crippen LogP) is 1.45. The SMILES string of the molecule is CCC(C)C(NS(=O)(=O)c1ccc(C)cc1)C(=O)NCCOC. The number of ether oxygens (including phenoxy) is 1. The summed E-state index contributed by atoms with van der Waals surface area (Å²) in [5.74, 6) is -0.468. The Kier molecular flexibility index (Phi) is 7.67. The summed E-state index contributed by atoms with van der Waals surface area (Å²) in [6, 6.07) is 5.71. The van der Waals surface area contributed by atoms with Gasteiger partial charge in [-0.1, -0.05) is 38.0 Å². The minimum Gasteiger partial charge on any atom is -0.383 e. The van der Waals surface area contributed by atoms with E-state index < -0.39 is 16.1 Å². The Labute approximate surface area is 138 Å². The van der Waals surface area contributed by atoms with E-state index in [9.17, 15) is 13.2 Å². The zero-order valence-corrected chi connectivity index (χ0v) is 14.9. The molecule has 0 bridgehead atoms. The van der Waals surface area contributed by atoms with E-state index in [0.29, 0.717) is 19.6 Å². The molecule has 0 saturated heterocycles. The normalized spacial score (nSPS) is 14.3. The Morgan fingerprint density at radius 2 is 1.87 bits per heavy atom. The molecule has 0 aromatic heterocycles. The topological polar surface area (TPSA) is 84.5 Å². The van der Waals surface area contributed by atoms with Gasteiger partial charge in [-0.3, -0.25) is 4.79 Å². The average Bonchev–Trinajstić information content (AvgIpc) is 2.52. The molecule has 0 spiro atoms. The fourth-order valence-electron chi connectivity index (χ4n) is 2.00. The number of carbonyl (C=O) groups excluding carboxylic acids is 1. The van der Waals surface area contributed by atoms with Crippen molar-refractivity contribution >= 4 is 15.9 Å². The van der Waals surface area contributed by atoms with E-state index in [2.05, 4.69) is 10.0 Å². The second-order valence-electron chi connectivity index (χ2n) is 5.58. The van der Waals surface area contributed by atoms with Gasteiger partial charge in [-0.15, -0.1) is 0 Å². The molecule has 0 aliphatic carbocycles. The lowest BCUT2D eigenvalue weighted by Gasteiger charge is -2.23. The van der Waals surface area contributed by atoms with Crippen LogP contribution in [0.25, 0.3) is 0 Å². The number of aryl methyl sites for hydroxylation is 1. The van der Waals surface area contributed by atoms with Crippen molar-refractivity contribution in [3.05, 3.63) is 29.8 Å². The van der Waals surface area contributed by atoms with Crippen LogP contribution in [0.3, 0.4) is 0 Å². The quantitative estimate of drug-likeness (QED) is 0.665. The summed E-state index contributed by atoms with van der Waals surface area (Å²) in [6.07, 6.45) is 0.679. The van der Waals surface area contributed by atoms with Crippen molar-refractivity contribution in [1.82, 2.24) is 10.0 Å². The van der Waals surface area contributed by atoms with Crippen LogP contribution in [0.2, 0.25) is 0 Å². The largest absolute Gasteiger partial charge is 0.383 e. The maximum absolute atomic E-state index is 12.5.